The summed E-state index contributed by atoms with van der Waals surface area (Å²) in [4.78, 5) is 2.30. The van der Waals surface area contributed by atoms with Gasteiger partial charge in [0.25, 0.3) is 0 Å². The Kier molecular flexibility index (Phi) is 4.27. The lowest BCUT2D eigenvalue weighted by Gasteiger charge is -2.34. The summed E-state index contributed by atoms with van der Waals surface area (Å²) in [5, 5.41) is 13.6. The number of nitrogens with one attached hydrogen (secondary N) is 1. The number of β-amino-alcohol motifs (C(OH)–C–C–N with tert-alkyl or cyclic N) is 1. The van der Waals surface area contributed by atoms with Crippen LogP contribution >= 0.6 is 12.4 Å². The van der Waals surface area contributed by atoms with Crippen LogP contribution in [0, 0.1) is 0 Å². The maximum absolute atomic E-state index is 10.1. The van der Waals surface area contributed by atoms with Crippen molar-refractivity contribution in [2.45, 2.75) is 25.5 Å². The number of anilines is 2. The smallest absolute Gasteiger partial charge is 0.0756 e. The van der Waals surface area contributed by atoms with Gasteiger partial charge in [-0.25, -0.2) is 0 Å². The highest BCUT2D eigenvalue weighted by molar-refractivity contribution is 5.85. The van der Waals surface area contributed by atoms with Gasteiger partial charge in [-0.15, -0.1) is 12.4 Å². The lowest BCUT2D eigenvalue weighted by atomic mass is 9.98. The number of para-hydroxylation sites is 2. The van der Waals surface area contributed by atoms with Crippen molar-refractivity contribution in [1.82, 2.24) is 0 Å². The maximum atomic E-state index is 10.1. The van der Waals surface area contributed by atoms with Crippen LogP contribution in [0.4, 0.5) is 11.4 Å². The second kappa shape index (κ2) is 6.19. The fraction of sp³-hybridized carbons (Fsp3) is 0.333. The van der Waals surface area contributed by atoms with Crippen molar-refractivity contribution >= 4 is 23.8 Å². The highest BCUT2D eigenvalue weighted by Gasteiger charge is 2.24. The Labute approximate surface area is 137 Å². The van der Waals surface area contributed by atoms with Gasteiger partial charge in [-0.1, -0.05) is 36.4 Å². The van der Waals surface area contributed by atoms with Crippen molar-refractivity contribution < 1.29 is 5.11 Å². The minimum absolute atomic E-state index is 0. The summed E-state index contributed by atoms with van der Waals surface area (Å²) in [5.74, 6) is 0. The molecule has 4 rings (SSSR count). The van der Waals surface area contributed by atoms with Crippen LogP contribution in [0.25, 0.3) is 0 Å². The summed E-state index contributed by atoms with van der Waals surface area (Å²) in [7, 11) is 0. The standard InChI is InChI=1S/C18H20N2O.ClH/c21-16-10-14-4-1-2-7-17(14)20(12-16)11-15-6-3-5-13-8-9-19-18(13)15;/h1-7,16,19,21H,8-12H2;1H. The monoisotopic (exact) mass is 316 g/mol. The van der Waals surface area contributed by atoms with Crippen LogP contribution < -0.4 is 10.2 Å². The van der Waals surface area contributed by atoms with E-state index in [-0.39, 0.29) is 18.5 Å². The second-order valence-electron chi connectivity index (χ2n) is 6.00. The van der Waals surface area contributed by atoms with Crippen molar-refractivity contribution in [3.05, 3.63) is 59.2 Å². The molecule has 2 aliphatic rings. The maximum Gasteiger partial charge on any atom is 0.0756 e. The Morgan fingerprint density at radius 1 is 1.09 bits per heavy atom. The molecule has 116 valence electrons. The summed E-state index contributed by atoms with van der Waals surface area (Å²) in [6.07, 6.45) is 1.60. The van der Waals surface area contributed by atoms with Crippen molar-refractivity contribution in [2.24, 2.45) is 0 Å². The van der Waals surface area contributed by atoms with Crippen molar-refractivity contribution in [1.29, 1.82) is 0 Å². The van der Waals surface area contributed by atoms with Crippen LogP contribution in [-0.4, -0.2) is 24.3 Å². The van der Waals surface area contributed by atoms with E-state index in [9.17, 15) is 5.11 Å². The Hall–Kier alpha value is -1.71. The van der Waals surface area contributed by atoms with Gasteiger partial charge in [-0.05, 0) is 29.2 Å². The fourth-order valence-electron chi connectivity index (χ4n) is 3.56. The van der Waals surface area contributed by atoms with Gasteiger partial charge in [-0.3, -0.25) is 0 Å². The molecule has 1 unspecified atom stereocenters. The average Bonchev–Trinajstić information content (AvgIpc) is 2.96. The predicted molar refractivity (Wildman–Crippen MR) is 93.1 cm³/mol. The van der Waals surface area contributed by atoms with Gasteiger partial charge >= 0.3 is 0 Å². The highest BCUT2D eigenvalue weighted by Crippen LogP contribution is 2.32. The van der Waals surface area contributed by atoms with E-state index in [4.69, 9.17) is 0 Å². The van der Waals surface area contributed by atoms with Gasteiger partial charge < -0.3 is 15.3 Å². The molecule has 1 atom stereocenters. The molecule has 4 heteroatoms. The van der Waals surface area contributed by atoms with E-state index in [0.29, 0.717) is 6.54 Å². The summed E-state index contributed by atoms with van der Waals surface area (Å²) in [6.45, 7) is 2.59. The summed E-state index contributed by atoms with van der Waals surface area (Å²) < 4.78 is 0. The van der Waals surface area contributed by atoms with Crippen LogP contribution in [0.15, 0.2) is 42.5 Å². The quantitative estimate of drug-likeness (QED) is 0.894. The van der Waals surface area contributed by atoms with Crippen LogP contribution in [0.1, 0.15) is 16.7 Å². The molecule has 0 radical (unpaired) electrons. The van der Waals surface area contributed by atoms with E-state index >= 15 is 0 Å². The third kappa shape index (κ3) is 2.67. The number of nitrogens with zero attached hydrogens (tertiary/aromatic N) is 1. The molecule has 2 N–H and O–H groups in total. The number of rotatable bonds is 2. The zero-order valence-corrected chi connectivity index (χ0v) is 13.3. The van der Waals surface area contributed by atoms with E-state index in [2.05, 4.69) is 52.7 Å². The van der Waals surface area contributed by atoms with Crippen molar-refractivity contribution in [3.63, 3.8) is 0 Å². The van der Waals surface area contributed by atoms with Crippen LogP contribution in [0.2, 0.25) is 0 Å². The van der Waals surface area contributed by atoms with Gasteiger partial charge in [0.15, 0.2) is 0 Å². The molecule has 0 amide bonds. The molecule has 0 aliphatic carbocycles. The fourth-order valence-corrected chi connectivity index (χ4v) is 3.56. The molecular weight excluding hydrogens is 296 g/mol. The molecule has 0 saturated heterocycles. The van der Waals surface area contributed by atoms with E-state index in [1.165, 1.54) is 28.1 Å². The summed E-state index contributed by atoms with van der Waals surface area (Å²) in [6, 6.07) is 15.0. The molecule has 2 heterocycles. The predicted octanol–water partition coefficient (Wildman–Crippen LogP) is 3.00. The van der Waals surface area contributed by atoms with Gasteiger partial charge in [0.05, 0.1) is 6.10 Å². The number of hydrogen-bond donors (Lipinski definition) is 2. The Morgan fingerprint density at radius 3 is 2.82 bits per heavy atom. The molecule has 0 aromatic heterocycles. The number of halogens is 1. The average molecular weight is 317 g/mol. The lowest BCUT2D eigenvalue weighted by Crippen LogP contribution is -2.38. The number of fused-ring (bicyclic) bond motifs is 2. The Morgan fingerprint density at radius 2 is 1.91 bits per heavy atom. The zero-order chi connectivity index (χ0) is 14.2. The normalized spacial score (nSPS) is 19.0. The van der Waals surface area contributed by atoms with Gasteiger partial charge in [-0.2, -0.15) is 0 Å². The van der Waals surface area contributed by atoms with Crippen LogP contribution in [-0.2, 0) is 19.4 Å². The van der Waals surface area contributed by atoms with Crippen LogP contribution in [0.5, 0.6) is 0 Å². The first-order chi connectivity index (χ1) is 10.3. The third-order valence-corrected chi connectivity index (χ3v) is 4.51. The third-order valence-electron chi connectivity index (χ3n) is 4.51. The Balaban J connectivity index is 0.00000144. The molecule has 3 nitrogen and oxygen atoms in total. The summed E-state index contributed by atoms with van der Waals surface area (Å²) >= 11 is 0. The van der Waals surface area contributed by atoms with Crippen LogP contribution in [0.3, 0.4) is 0 Å². The van der Waals surface area contributed by atoms with Crippen molar-refractivity contribution in [3.8, 4) is 0 Å². The van der Waals surface area contributed by atoms with Gasteiger partial charge in [0.1, 0.15) is 0 Å². The van der Waals surface area contributed by atoms with Gasteiger partial charge in [0, 0.05) is 37.4 Å². The molecule has 2 aliphatic heterocycles. The topological polar surface area (TPSA) is 35.5 Å². The molecule has 0 saturated carbocycles. The molecule has 2 aromatic carbocycles. The second-order valence-corrected chi connectivity index (χ2v) is 6.00. The molecule has 0 bridgehead atoms. The highest BCUT2D eigenvalue weighted by atomic mass is 35.5. The van der Waals surface area contributed by atoms with Crippen molar-refractivity contribution in [2.75, 3.05) is 23.3 Å². The van der Waals surface area contributed by atoms with Gasteiger partial charge in [0.2, 0.25) is 0 Å². The van der Waals surface area contributed by atoms with E-state index in [1.54, 1.807) is 0 Å². The molecule has 0 spiro atoms. The zero-order valence-electron chi connectivity index (χ0n) is 12.5. The van der Waals surface area contributed by atoms with E-state index in [0.717, 1.165) is 25.9 Å². The minimum Gasteiger partial charge on any atom is -0.391 e. The minimum atomic E-state index is -0.274. The molecule has 0 fully saturated rings. The largest absolute Gasteiger partial charge is 0.391 e. The van der Waals surface area contributed by atoms with E-state index in [1.807, 2.05) is 0 Å². The first-order valence-corrected chi connectivity index (χ1v) is 7.67. The number of aliphatic hydroxyl groups excluding tert-OH is 1. The number of hydrogen-bond acceptors (Lipinski definition) is 3. The molecule has 22 heavy (non-hydrogen) atoms. The number of benzene rings is 2. The SMILES string of the molecule is Cl.OC1Cc2ccccc2N(Cc2cccc3c2NCC3)C1. The Bertz CT molecular complexity index is 674. The first-order valence-electron chi connectivity index (χ1n) is 7.67. The summed E-state index contributed by atoms with van der Waals surface area (Å²) in [5.41, 5.74) is 6.55. The molecular formula is C18H21ClN2O. The first kappa shape index (κ1) is 15.2. The number of aliphatic hydroxyl groups is 1. The van der Waals surface area contributed by atoms with E-state index < -0.39 is 0 Å². The molecule has 2 aromatic rings. The lowest BCUT2D eigenvalue weighted by molar-refractivity contribution is 0.174.